The van der Waals surface area contributed by atoms with E-state index in [0.29, 0.717) is 16.8 Å². The van der Waals surface area contributed by atoms with Crippen molar-refractivity contribution < 1.29 is 17.9 Å². The molecule has 19 heavy (non-hydrogen) atoms. The average molecular weight is 353 g/mol. The van der Waals surface area contributed by atoms with E-state index in [2.05, 4.69) is 20.7 Å². The van der Waals surface area contributed by atoms with Crippen LogP contribution < -0.4 is 10.5 Å². The maximum absolute atomic E-state index is 12.1. The Morgan fingerprint density at radius 1 is 1.42 bits per heavy atom. The molecule has 1 aromatic rings. The fraction of sp³-hybridized carbons (Fsp3) is 0.455. The second kappa shape index (κ2) is 7.20. The lowest BCUT2D eigenvalue weighted by molar-refractivity contribution is 0.0320. The summed E-state index contributed by atoms with van der Waals surface area (Å²) >= 11 is 3.19. The Morgan fingerprint density at radius 2 is 2.11 bits per heavy atom. The van der Waals surface area contributed by atoms with Crippen molar-refractivity contribution in [3.05, 3.63) is 22.7 Å². The first-order valence-corrected chi connectivity index (χ1v) is 7.74. The first-order chi connectivity index (χ1) is 8.90. The maximum atomic E-state index is 12.1. The molecule has 1 unspecified atom stereocenters. The van der Waals surface area contributed by atoms with Crippen molar-refractivity contribution in [3.63, 3.8) is 0 Å². The van der Waals surface area contributed by atoms with E-state index in [1.165, 1.54) is 20.3 Å². The number of anilines is 1. The number of nitrogens with two attached hydrogens (primary N) is 1. The molecule has 0 amide bonds. The van der Waals surface area contributed by atoms with Crippen molar-refractivity contribution in [2.24, 2.45) is 0 Å². The van der Waals surface area contributed by atoms with Crippen LogP contribution in [-0.2, 0) is 19.5 Å². The van der Waals surface area contributed by atoms with Gasteiger partial charge in [-0.25, -0.2) is 13.1 Å². The van der Waals surface area contributed by atoms with Gasteiger partial charge in [0, 0.05) is 30.9 Å². The number of rotatable bonds is 7. The Hall–Kier alpha value is -0.670. The summed E-state index contributed by atoms with van der Waals surface area (Å²) in [5, 5.41) is 0. The number of methoxy groups -OCH3 is 2. The van der Waals surface area contributed by atoms with E-state index in [0.717, 1.165) is 0 Å². The molecule has 0 heterocycles. The highest BCUT2D eigenvalue weighted by molar-refractivity contribution is 9.10. The molecule has 3 N–H and O–H groups in total. The van der Waals surface area contributed by atoms with Crippen LogP contribution in [0.1, 0.15) is 0 Å². The minimum atomic E-state index is -3.65. The number of hydrogen-bond donors (Lipinski definition) is 2. The Kier molecular flexibility index (Phi) is 6.21. The van der Waals surface area contributed by atoms with Crippen LogP contribution in [0.3, 0.4) is 0 Å². The molecule has 0 radical (unpaired) electrons. The second-order valence-electron chi connectivity index (χ2n) is 3.85. The van der Waals surface area contributed by atoms with Crippen molar-refractivity contribution >= 4 is 31.6 Å². The summed E-state index contributed by atoms with van der Waals surface area (Å²) in [6.45, 7) is 0.422. The van der Waals surface area contributed by atoms with Gasteiger partial charge in [-0.05, 0) is 34.1 Å². The third-order valence-corrected chi connectivity index (χ3v) is 4.85. The van der Waals surface area contributed by atoms with E-state index in [1.807, 2.05) is 0 Å². The number of nitrogen functional groups attached to an aromatic ring is 1. The molecule has 0 bridgehead atoms. The summed E-state index contributed by atoms with van der Waals surface area (Å²) in [7, 11) is -0.632. The van der Waals surface area contributed by atoms with E-state index < -0.39 is 10.0 Å². The summed E-state index contributed by atoms with van der Waals surface area (Å²) in [6.07, 6.45) is -0.348. The van der Waals surface area contributed by atoms with E-state index in [1.54, 1.807) is 12.1 Å². The van der Waals surface area contributed by atoms with Gasteiger partial charge in [-0.2, -0.15) is 0 Å². The highest BCUT2D eigenvalue weighted by atomic mass is 79.9. The van der Waals surface area contributed by atoms with Gasteiger partial charge in [0.05, 0.1) is 17.6 Å². The van der Waals surface area contributed by atoms with Gasteiger partial charge in [0.25, 0.3) is 0 Å². The van der Waals surface area contributed by atoms with Crippen LogP contribution in [0, 0.1) is 0 Å². The number of ether oxygens (including phenoxy) is 2. The van der Waals surface area contributed by atoms with E-state index >= 15 is 0 Å². The monoisotopic (exact) mass is 352 g/mol. The van der Waals surface area contributed by atoms with Gasteiger partial charge in [-0.1, -0.05) is 0 Å². The smallest absolute Gasteiger partial charge is 0.241 e. The van der Waals surface area contributed by atoms with Crippen molar-refractivity contribution in [3.8, 4) is 0 Å². The molecule has 108 valence electrons. The van der Waals surface area contributed by atoms with Crippen LogP contribution in [0.2, 0.25) is 0 Å². The number of benzene rings is 1. The molecule has 1 rings (SSSR count). The molecule has 0 saturated carbocycles. The van der Waals surface area contributed by atoms with Crippen molar-refractivity contribution in [1.29, 1.82) is 0 Å². The third-order valence-electron chi connectivity index (χ3n) is 2.43. The number of sulfonamides is 1. The Morgan fingerprint density at radius 3 is 2.68 bits per heavy atom. The Bertz CT molecular complexity index is 521. The molecule has 0 saturated heterocycles. The van der Waals surface area contributed by atoms with Crippen molar-refractivity contribution in [1.82, 2.24) is 4.72 Å². The third kappa shape index (κ3) is 4.73. The first kappa shape index (κ1) is 16.4. The zero-order valence-electron chi connectivity index (χ0n) is 10.7. The average Bonchev–Trinajstić information content (AvgIpc) is 2.37. The van der Waals surface area contributed by atoms with E-state index in [4.69, 9.17) is 15.2 Å². The molecular weight excluding hydrogens is 336 g/mol. The lowest BCUT2D eigenvalue weighted by atomic mass is 10.3. The van der Waals surface area contributed by atoms with Crippen LogP contribution in [0.5, 0.6) is 0 Å². The van der Waals surface area contributed by atoms with Gasteiger partial charge >= 0.3 is 0 Å². The van der Waals surface area contributed by atoms with E-state index in [9.17, 15) is 8.42 Å². The zero-order chi connectivity index (χ0) is 14.5. The summed E-state index contributed by atoms with van der Waals surface area (Å²) in [5.41, 5.74) is 5.97. The Labute approximate surface area is 121 Å². The minimum Gasteiger partial charge on any atom is -0.399 e. The molecule has 1 aromatic carbocycles. The molecule has 8 heteroatoms. The second-order valence-corrected chi connectivity index (χ2v) is 6.44. The van der Waals surface area contributed by atoms with Crippen LogP contribution in [0.25, 0.3) is 0 Å². The largest absolute Gasteiger partial charge is 0.399 e. The topological polar surface area (TPSA) is 90.7 Å². The molecule has 0 aliphatic rings. The van der Waals surface area contributed by atoms with Crippen molar-refractivity contribution in [2.45, 2.75) is 11.0 Å². The fourth-order valence-electron chi connectivity index (χ4n) is 1.40. The van der Waals surface area contributed by atoms with Crippen LogP contribution in [0.15, 0.2) is 27.6 Å². The van der Waals surface area contributed by atoms with Gasteiger partial charge in [0.2, 0.25) is 10.0 Å². The molecule has 0 aromatic heterocycles. The molecule has 1 atom stereocenters. The predicted octanol–water partition coefficient (Wildman–Crippen LogP) is 0.971. The molecule has 0 spiro atoms. The predicted molar refractivity (Wildman–Crippen MR) is 76.4 cm³/mol. The minimum absolute atomic E-state index is 0.0970. The van der Waals surface area contributed by atoms with Gasteiger partial charge in [0.15, 0.2) is 0 Å². The molecular formula is C11H17BrN2O4S. The van der Waals surface area contributed by atoms with Gasteiger partial charge in [0.1, 0.15) is 0 Å². The van der Waals surface area contributed by atoms with Crippen LogP contribution >= 0.6 is 15.9 Å². The summed E-state index contributed by atoms with van der Waals surface area (Å²) in [5.74, 6) is 0. The summed E-state index contributed by atoms with van der Waals surface area (Å²) in [4.78, 5) is 0.0970. The van der Waals surface area contributed by atoms with Gasteiger partial charge in [-0.15, -0.1) is 0 Å². The quantitative estimate of drug-likeness (QED) is 0.713. The van der Waals surface area contributed by atoms with Crippen LogP contribution in [0.4, 0.5) is 5.69 Å². The van der Waals surface area contributed by atoms with Gasteiger partial charge in [-0.3, -0.25) is 0 Å². The first-order valence-electron chi connectivity index (χ1n) is 5.47. The summed E-state index contributed by atoms with van der Waals surface area (Å²) in [6, 6.07) is 4.60. The number of hydrogen-bond acceptors (Lipinski definition) is 5. The van der Waals surface area contributed by atoms with E-state index in [-0.39, 0.29) is 17.5 Å². The summed E-state index contributed by atoms with van der Waals surface area (Å²) < 4.78 is 37.2. The fourth-order valence-corrected chi connectivity index (χ4v) is 3.47. The molecule has 6 nitrogen and oxygen atoms in total. The zero-order valence-corrected chi connectivity index (χ0v) is 13.1. The Balaban J connectivity index is 2.83. The lowest BCUT2D eigenvalue weighted by Gasteiger charge is -2.15. The normalized spacial score (nSPS) is 13.4. The van der Waals surface area contributed by atoms with Crippen molar-refractivity contribution in [2.75, 3.05) is 33.1 Å². The SMILES string of the molecule is COCC(CNS(=O)(=O)c1cc(N)ccc1Br)OC. The highest BCUT2D eigenvalue weighted by Gasteiger charge is 2.19. The van der Waals surface area contributed by atoms with Gasteiger partial charge < -0.3 is 15.2 Å². The van der Waals surface area contributed by atoms with Crippen LogP contribution in [-0.4, -0.2) is 41.9 Å². The maximum Gasteiger partial charge on any atom is 0.241 e. The molecule has 0 aliphatic carbocycles. The lowest BCUT2D eigenvalue weighted by Crippen LogP contribution is -2.35. The number of nitrogens with one attached hydrogen (secondary N) is 1. The highest BCUT2D eigenvalue weighted by Crippen LogP contribution is 2.23. The number of halogens is 1. The molecule has 0 aliphatic heterocycles. The standard InChI is InChI=1S/C11H17BrN2O4S/c1-17-7-9(18-2)6-14-19(15,16)11-5-8(13)3-4-10(11)12/h3-5,9,14H,6-7,13H2,1-2H3. The molecule has 0 fully saturated rings.